The van der Waals surface area contributed by atoms with E-state index in [-0.39, 0.29) is 0 Å². The van der Waals surface area contributed by atoms with Gasteiger partial charge in [0.05, 0.1) is 5.52 Å². The van der Waals surface area contributed by atoms with Crippen LogP contribution >= 0.6 is 0 Å². The van der Waals surface area contributed by atoms with Crippen molar-refractivity contribution in [2.24, 2.45) is 0 Å². The van der Waals surface area contributed by atoms with Crippen molar-refractivity contribution in [3.63, 3.8) is 0 Å². The molecule has 0 radical (unpaired) electrons. The largest absolute Gasteiger partial charge is 0.356 e. The monoisotopic (exact) mass is 298 g/mol. The van der Waals surface area contributed by atoms with Gasteiger partial charge in [0, 0.05) is 24.4 Å². The van der Waals surface area contributed by atoms with Gasteiger partial charge in [-0.2, -0.15) is 0 Å². The molecule has 1 aromatic carbocycles. The summed E-state index contributed by atoms with van der Waals surface area (Å²) in [4.78, 5) is 14.4. The van der Waals surface area contributed by atoms with Crippen molar-refractivity contribution in [1.29, 1.82) is 0 Å². The quantitative estimate of drug-likeness (QED) is 0.870. The Labute approximate surface area is 133 Å². The average molecular weight is 298 g/mol. The number of fused-ring (bicyclic) bond motifs is 1. The maximum Gasteiger partial charge on any atom is 0.140 e. The van der Waals surface area contributed by atoms with Crippen molar-refractivity contribution in [1.82, 2.24) is 14.9 Å². The van der Waals surface area contributed by atoms with Crippen LogP contribution in [-0.2, 0) is 0 Å². The van der Waals surface area contributed by atoms with Crippen LogP contribution in [0, 0.1) is 0 Å². The summed E-state index contributed by atoms with van der Waals surface area (Å²) in [6.45, 7) is 6.64. The number of hydrogen-bond donors (Lipinski definition) is 0. The Morgan fingerprint density at radius 3 is 2.50 bits per heavy atom. The SMILES string of the molecule is CC(C)c1nc(N(C)C2CCN(C)CC2)c2ccccc2n1. The summed E-state index contributed by atoms with van der Waals surface area (Å²) in [6, 6.07) is 8.93. The lowest BCUT2D eigenvalue weighted by Gasteiger charge is -2.36. The van der Waals surface area contributed by atoms with Gasteiger partial charge in [-0.25, -0.2) is 9.97 Å². The minimum absolute atomic E-state index is 0.342. The molecule has 0 bridgehead atoms. The first kappa shape index (κ1) is 15.2. The minimum Gasteiger partial charge on any atom is -0.356 e. The standard InChI is InChI=1S/C18H26N4/c1-13(2)17-19-16-8-6-5-7-15(16)18(20-17)22(4)14-9-11-21(3)12-10-14/h5-8,13-14H,9-12H2,1-4H3. The summed E-state index contributed by atoms with van der Waals surface area (Å²) in [5, 5.41) is 1.16. The Morgan fingerprint density at radius 2 is 1.82 bits per heavy atom. The highest BCUT2D eigenvalue weighted by atomic mass is 15.2. The molecule has 0 atom stereocenters. The fourth-order valence-corrected chi connectivity index (χ4v) is 3.16. The molecule has 0 N–H and O–H groups in total. The molecule has 0 amide bonds. The third kappa shape index (κ3) is 2.93. The molecule has 1 aliphatic heterocycles. The van der Waals surface area contributed by atoms with Gasteiger partial charge in [-0.1, -0.05) is 26.0 Å². The molecular weight excluding hydrogens is 272 g/mol. The minimum atomic E-state index is 0.342. The number of hydrogen-bond acceptors (Lipinski definition) is 4. The Balaban J connectivity index is 2.00. The predicted octanol–water partition coefficient (Wildman–Crippen LogP) is 3.28. The maximum absolute atomic E-state index is 4.90. The smallest absolute Gasteiger partial charge is 0.140 e. The average Bonchev–Trinajstić information content (AvgIpc) is 2.53. The number of para-hydroxylation sites is 1. The zero-order chi connectivity index (χ0) is 15.7. The highest BCUT2D eigenvalue weighted by Gasteiger charge is 2.23. The van der Waals surface area contributed by atoms with Crippen LogP contribution in [0.5, 0.6) is 0 Å². The Morgan fingerprint density at radius 1 is 1.14 bits per heavy atom. The Hall–Kier alpha value is -1.68. The molecule has 0 aliphatic carbocycles. The van der Waals surface area contributed by atoms with Gasteiger partial charge in [0.25, 0.3) is 0 Å². The summed E-state index contributed by atoms with van der Waals surface area (Å²) in [5.74, 6) is 2.37. The molecule has 2 heterocycles. The Bertz CT molecular complexity index is 645. The highest BCUT2D eigenvalue weighted by Crippen LogP contribution is 2.28. The van der Waals surface area contributed by atoms with Crippen molar-refractivity contribution in [2.45, 2.75) is 38.6 Å². The van der Waals surface area contributed by atoms with Crippen molar-refractivity contribution >= 4 is 16.7 Å². The second-order valence-corrected chi connectivity index (χ2v) is 6.72. The van der Waals surface area contributed by atoms with E-state index in [0.717, 1.165) is 35.6 Å². The van der Waals surface area contributed by atoms with Gasteiger partial charge in [0.2, 0.25) is 0 Å². The molecule has 2 aromatic rings. The highest BCUT2D eigenvalue weighted by molar-refractivity contribution is 5.89. The van der Waals surface area contributed by atoms with Crippen LogP contribution in [0.25, 0.3) is 10.9 Å². The van der Waals surface area contributed by atoms with Gasteiger partial charge in [-0.3, -0.25) is 0 Å². The molecule has 4 heteroatoms. The van der Waals surface area contributed by atoms with Gasteiger partial charge < -0.3 is 9.80 Å². The van der Waals surface area contributed by atoms with Gasteiger partial charge in [-0.05, 0) is 45.1 Å². The van der Waals surface area contributed by atoms with Crippen LogP contribution in [0.15, 0.2) is 24.3 Å². The third-order valence-electron chi connectivity index (χ3n) is 4.69. The molecule has 1 aromatic heterocycles. The molecule has 1 fully saturated rings. The van der Waals surface area contributed by atoms with E-state index in [1.165, 1.54) is 12.8 Å². The van der Waals surface area contributed by atoms with E-state index < -0.39 is 0 Å². The number of anilines is 1. The molecule has 118 valence electrons. The van der Waals surface area contributed by atoms with Gasteiger partial charge in [-0.15, -0.1) is 0 Å². The fourth-order valence-electron chi connectivity index (χ4n) is 3.16. The lowest BCUT2D eigenvalue weighted by molar-refractivity contribution is 0.252. The summed E-state index contributed by atoms with van der Waals surface area (Å²) < 4.78 is 0. The summed E-state index contributed by atoms with van der Waals surface area (Å²) in [6.07, 6.45) is 2.39. The number of rotatable bonds is 3. The molecule has 1 saturated heterocycles. The van der Waals surface area contributed by atoms with Crippen molar-refractivity contribution in [3.05, 3.63) is 30.1 Å². The second kappa shape index (κ2) is 6.21. The van der Waals surface area contributed by atoms with E-state index in [4.69, 9.17) is 9.97 Å². The normalized spacial score (nSPS) is 17.3. The molecule has 4 nitrogen and oxygen atoms in total. The predicted molar refractivity (Wildman–Crippen MR) is 92.5 cm³/mol. The van der Waals surface area contributed by atoms with E-state index in [2.05, 4.69) is 62.0 Å². The third-order valence-corrected chi connectivity index (χ3v) is 4.69. The summed E-state index contributed by atoms with van der Waals surface area (Å²) in [5.41, 5.74) is 1.05. The molecule has 3 rings (SSSR count). The fraction of sp³-hybridized carbons (Fsp3) is 0.556. The van der Waals surface area contributed by atoms with Gasteiger partial charge in [0.15, 0.2) is 0 Å². The molecular formula is C18H26N4. The van der Waals surface area contributed by atoms with E-state index >= 15 is 0 Å². The van der Waals surface area contributed by atoms with Crippen LogP contribution < -0.4 is 4.90 Å². The van der Waals surface area contributed by atoms with Crippen LogP contribution in [0.3, 0.4) is 0 Å². The second-order valence-electron chi connectivity index (χ2n) is 6.72. The first-order valence-corrected chi connectivity index (χ1v) is 8.24. The van der Waals surface area contributed by atoms with Crippen LogP contribution in [0.1, 0.15) is 38.4 Å². The Kier molecular flexibility index (Phi) is 4.30. The molecule has 0 spiro atoms. The molecule has 0 saturated carbocycles. The van der Waals surface area contributed by atoms with Gasteiger partial charge >= 0.3 is 0 Å². The van der Waals surface area contributed by atoms with E-state index in [0.29, 0.717) is 12.0 Å². The first-order valence-electron chi connectivity index (χ1n) is 8.24. The lowest BCUT2D eigenvalue weighted by Crippen LogP contribution is -2.42. The van der Waals surface area contributed by atoms with Crippen molar-refractivity contribution in [3.8, 4) is 0 Å². The maximum atomic E-state index is 4.90. The first-order chi connectivity index (χ1) is 10.6. The van der Waals surface area contributed by atoms with Crippen LogP contribution in [0.4, 0.5) is 5.82 Å². The zero-order valence-electron chi connectivity index (χ0n) is 14.1. The number of piperidine rings is 1. The topological polar surface area (TPSA) is 32.3 Å². The van der Waals surface area contributed by atoms with Crippen molar-refractivity contribution in [2.75, 3.05) is 32.1 Å². The summed E-state index contributed by atoms with van der Waals surface area (Å²) in [7, 11) is 4.39. The molecule has 0 unspecified atom stereocenters. The number of likely N-dealkylation sites (tertiary alicyclic amines) is 1. The van der Waals surface area contributed by atoms with Gasteiger partial charge in [0.1, 0.15) is 11.6 Å². The van der Waals surface area contributed by atoms with E-state index in [1.807, 2.05) is 0 Å². The number of nitrogens with zero attached hydrogens (tertiary/aromatic N) is 4. The van der Waals surface area contributed by atoms with Crippen LogP contribution in [-0.4, -0.2) is 48.1 Å². The van der Waals surface area contributed by atoms with E-state index in [9.17, 15) is 0 Å². The molecule has 22 heavy (non-hydrogen) atoms. The number of benzene rings is 1. The van der Waals surface area contributed by atoms with E-state index in [1.54, 1.807) is 0 Å². The lowest BCUT2D eigenvalue weighted by atomic mass is 10.0. The zero-order valence-corrected chi connectivity index (χ0v) is 14.1. The van der Waals surface area contributed by atoms with Crippen LogP contribution in [0.2, 0.25) is 0 Å². The molecule has 1 aliphatic rings. The number of aromatic nitrogens is 2. The summed E-state index contributed by atoms with van der Waals surface area (Å²) >= 11 is 0. The van der Waals surface area contributed by atoms with Crippen molar-refractivity contribution < 1.29 is 0 Å².